The third-order valence-corrected chi connectivity index (χ3v) is 8.25. The van der Waals surface area contributed by atoms with Crippen LogP contribution in [0.1, 0.15) is 32.3 Å². The van der Waals surface area contributed by atoms with E-state index in [4.69, 9.17) is 9.47 Å². The number of nitrogens with zero attached hydrogens (tertiary/aromatic N) is 2. The number of amides is 2. The van der Waals surface area contributed by atoms with Crippen LogP contribution < -0.4 is 19.1 Å². The highest BCUT2D eigenvalue weighted by molar-refractivity contribution is 7.92. The molecule has 1 atom stereocenters. The standard InChI is InChI=1S/C30H37N3O6S/c1-5-6-19-31-30(35)23(2)32(21-24-13-9-7-10-14-24)29(34)22-33(40(36,37)26-15-11-8-12-16-26)25-17-18-27(38-3)28(20-25)39-4/h7-18,20,23H,5-6,19,21-22H2,1-4H3,(H,31,35)/t23-/m0/s1. The van der Waals surface area contributed by atoms with Crippen LogP contribution >= 0.6 is 0 Å². The Hall–Kier alpha value is -4.05. The number of nitrogens with one attached hydrogen (secondary N) is 1. The van der Waals surface area contributed by atoms with Gasteiger partial charge in [0.15, 0.2) is 11.5 Å². The van der Waals surface area contributed by atoms with Crippen LogP contribution in [0.5, 0.6) is 11.5 Å². The maximum atomic E-state index is 13.9. The van der Waals surface area contributed by atoms with Gasteiger partial charge in [0.25, 0.3) is 10.0 Å². The van der Waals surface area contributed by atoms with Crippen molar-refractivity contribution in [2.24, 2.45) is 0 Å². The molecule has 40 heavy (non-hydrogen) atoms. The minimum absolute atomic E-state index is 0.0255. The van der Waals surface area contributed by atoms with E-state index in [1.165, 1.54) is 37.3 Å². The van der Waals surface area contributed by atoms with Gasteiger partial charge in [-0.25, -0.2) is 8.42 Å². The van der Waals surface area contributed by atoms with E-state index >= 15 is 0 Å². The highest BCUT2D eigenvalue weighted by atomic mass is 32.2. The van der Waals surface area contributed by atoms with E-state index in [1.807, 2.05) is 37.3 Å². The van der Waals surface area contributed by atoms with Crippen LogP contribution in [0.4, 0.5) is 5.69 Å². The van der Waals surface area contributed by atoms with Crippen LogP contribution in [-0.2, 0) is 26.2 Å². The molecule has 0 spiro atoms. The van der Waals surface area contributed by atoms with Crippen molar-refractivity contribution in [3.05, 3.63) is 84.4 Å². The van der Waals surface area contributed by atoms with Crippen molar-refractivity contribution in [3.63, 3.8) is 0 Å². The van der Waals surface area contributed by atoms with E-state index < -0.39 is 28.5 Å². The Morgan fingerprint density at radius 3 is 2.12 bits per heavy atom. The molecule has 9 nitrogen and oxygen atoms in total. The summed E-state index contributed by atoms with van der Waals surface area (Å²) in [5.74, 6) is -0.110. The molecular formula is C30H37N3O6S. The predicted molar refractivity (Wildman–Crippen MR) is 155 cm³/mol. The van der Waals surface area contributed by atoms with Gasteiger partial charge in [-0.15, -0.1) is 0 Å². The normalized spacial score (nSPS) is 11.8. The second kappa shape index (κ2) is 14.4. The SMILES string of the molecule is CCCCNC(=O)[C@H](C)N(Cc1ccccc1)C(=O)CN(c1ccc(OC)c(OC)c1)S(=O)(=O)c1ccccc1. The van der Waals surface area contributed by atoms with Crippen LogP contribution in [0, 0.1) is 0 Å². The number of methoxy groups -OCH3 is 2. The van der Waals surface area contributed by atoms with E-state index in [2.05, 4.69) is 5.32 Å². The molecule has 0 saturated heterocycles. The first-order chi connectivity index (χ1) is 19.2. The smallest absolute Gasteiger partial charge is 0.264 e. The van der Waals surface area contributed by atoms with Crippen LogP contribution in [0.25, 0.3) is 0 Å². The molecule has 0 unspecified atom stereocenters. The summed E-state index contributed by atoms with van der Waals surface area (Å²) in [6.45, 7) is 3.76. The zero-order chi connectivity index (χ0) is 29.1. The molecule has 3 aromatic carbocycles. The Morgan fingerprint density at radius 2 is 1.52 bits per heavy atom. The van der Waals surface area contributed by atoms with Crippen molar-refractivity contribution < 1.29 is 27.5 Å². The Labute approximate surface area is 236 Å². The largest absolute Gasteiger partial charge is 0.493 e. The third-order valence-electron chi connectivity index (χ3n) is 6.46. The molecule has 2 amide bonds. The summed E-state index contributed by atoms with van der Waals surface area (Å²) in [6, 6.07) is 21.0. The molecule has 0 heterocycles. The summed E-state index contributed by atoms with van der Waals surface area (Å²) in [4.78, 5) is 28.4. The minimum Gasteiger partial charge on any atom is -0.493 e. The lowest BCUT2D eigenvalue weighted by Gasteiger charge is -2.32. The molecule has 0 radical (unpaired) electrons. The summed E-state index contributed by atoms with van der Waals surface area (Å²) >= 11 is 0. The second-order valence-electron chi connectivity index (χ2n) is 9.19. The zero-order valence-corrected chi connectivity index (χ0v) is 24.2. The van der Waals surface area contributed by atoms with Gasteiger partial charge in [-0.05, 0) is 43.2 Å². The number of rotatable bonds is 14. The Balaban J connectivity index is 2.03. The fourth-order valence-corrected chi connectivity index (χ4v) is 5.55. The molecule has 0 aliphatic carbocycles. The molecule has 0 aliphatic rings. The van der Waals surface area contributed by atoms with Gasteiger partial charge in [0, 0.05) is 19.2 Å². The van der Waals surface area contributed by atoms with E-state index in [-0.39, 0.29) is 23.0 Å². The number of unbranched alkanes of at least 4 members (excludes halogenated alkanes) is 1. The lowest BCUT2D eigenvalue weighted by atomic mass is 10.1. The highest BCUT2D eigenvalue weighted by Gasteiger charge is 2.32. The van der Waals surface area contributed by atoms with E-state index in [9.17, 15) is 18.0 Å². The quantitative estimate of drug-likeness (QED) is 0.292. The summed E-state index contributed by atoms with van der Waals surface area (Å²) in [7, 11) is -1.25. The first-order valence-corrected chi connectivity index (χ1v) is 14.6. The summed E-state index contributed by atoms with van der Waals surface area (Å²) in [6.07, 6.45) is 1.73. The predicted octanol–water partition coefficient (Wildman–Crippen LogP) is 4.23. The number of carbonyl (C=O) groups is 2. The van der Waals surface area contributed by atoms with Gasteiger partial charge >= 0.3 is 0 Å². The average molecular weight is 568 g/mol. The molecule has 0 saturated carbocycles. The first-order valence-electron chi connectivity index (χ1n) is 13.1. The van der Waals surface area contributed by atoms with Crippen molar-refractivity contribution >= 4 is 27.5 Å². The monoisotopic (exact) mass is 567 g/mol. The molecule has 214 valence electrons. The number of hydrogen-bond donors (Lipinski definition) is 1. The highest BCUT2D eigenvalue weighted by Crippen LogP contribution is 2.34. The molecule has 10 heteroatoms. The number of carbonyl (C=O) groups excluding carboxylic acids is 2. The van der Waals surface area contributed by atoms with E-state index in [0.29, 0.717) is 18.0 Å². The van der Waals surface area contributed by atoms with Gasteiger partial charge in [0.2, 0.25) is 11.8 Å². The Bertz CT molecular complexity index is 1370. The van der Waals surface area contributed by atoms with Crippen molar-refractivity contribution in [1.82, 2.24) is 10.2 Å². The van der Waals surface area contributed by atoms with E-state index in [1.54, 1.807) is 37.3 Å². The molecule has 0 aliphatic heterocycles. The van der Waals surface area contributed by atoms with Crippen molar-refractivity contribution in [1.29, 1.82) is 0 Å². The van der Waals surface area contributed by atoms with Gasteiger partial charge < -0.3 is 19.7 Å². The van der Waals surface area contributed by atoms with Gasteiger partial charge in [0.05, 0.1) is 24.8 Å². The van der Waals surface area contributed by atoms with Crippen LogP contribution in [0.3, 0.4) is 0 Å². The Morgan fingerprint density at radius 1 is 0.900 bits per heavy atom. The Kier molecular flexibility index (Phi) is 11.0. The van der Waals surface area contributed by atoms with Gasteiger partial charge in [-0.1, -0.05) is 61.9 Å². The molecule has 1 N–H and O–H groups in total. The van der Waals surface area contributed by atoms with Gasteiger partial charge in [-0.3, -0.25) is 13.9 Å². The van der Waals surface area contributed by atoms with Gasteiger partial charge in [-0.2, -0.15) is 0 Å². The zero-order valence-electron chi connectivity index (χ0n) is 23.4. The summed E-state index contributed by atoms with van der Waals surface area (Å²) < 4.78 is 39.5. The number of sulfonamides is 1. The van der Waals surface area contributed by atoms with Gasteiger partial charge in [0.1, 0.15) is 12.6 Å². The maximum absolute atomic E-state index is 13.9. The maximum Gasteiger partial charge on any atom is 0.264 e. The van der Waals surface area contributed by atoms with Crippen LogP contribution in [0.2, 0.25) is 0 Å². The molecule has 3 aromatic rings. The van der Waals surface area contributed by atoms with Crippen LogP contribution in [0.15, 0.2) is 83.8 Å². The topological polar surface area (TPSA) is 105 Å². The molecule has 0 fully saturated rings. The molecular weight excluding hydrogens is 530 g/mol. The molecule has 3 rings (SSSR count). The number of anilines is 1. The van der Waals surface area contributed by atoms with Crippen LogP contribution in [-0.4, -0.2) is 58.5 Å². The molecule has 0 bridgehead atoms. The minimum atomic E-state index is -4.17. The van der Waals surface area contributed by atoms with Crippen molar-refractivity contribution in [3.8, 4) is 11.5 Å². The number of ether oxygens (including phenoxy) is 2. The van der Waals surface area contributed by atoms with Crippen molar-refractivity contribution in [2.45, 2.75) is 44.2 Å². The average Bonchev–Trinajstić information content (AvgIpc) is 2.98. The molecule has 0 aromatic heterocycles. The number of hydrogen-bond acceptors (Lipinski definition) is 6. The second-order valence-corrected chi connectivity index (χ2v) is 11.1. The third kappa shape index (κ3) is 7.53. The first kappa shape index (κ1) is 30.5. The lowest BCUT2D eigenvalue weighted by molar-refractivity contribution is -0.139. The van der Waals surface area contributed by atoms with Crippen molar-refractivity contribution in [2.75, 3.05) is 31.6 Å². The number of benzene rings is 3. The lowest BCUT2D eigenvalue weighted by Crippen LogP contribution is -2.51. The fourth-order valence-electron chi connectivity index (χ4n) is 4.13. The summed E-state index contributed by atoms with van der Waals surface area (Å²) in [5, 5.41) is 2.88. The van der Waals surface area contributed by atoms with E-state index in [0.717, 1.165) is 22.7 Å². The fraction of sp³-hybridized carbons (Fsp3) is 0.333. The summed E-state index contributed by atoms with van der Waals surface area (Å²) in [5.41, 5.74) is 1.03.